The lowest BCUT2D eigenvalue weighted by Gasteiger charge is -2.32. The van der Waals surface area contributed by atoms with Gasteiger partial charge in [0.25, 0.3) is 5.91 Å². The van der Waals surface area contributed by atoms with E-state index in [0.717, 1.165) is 0 Å². The van der Waals surface area contributed by atoms with Crippen molar-refractivity contribution in [1.29, 1.82) is 0 Å². The molecule has 1 saturated heterocycles. The molecule has 0 aliphatic carbocycles. The van der Waals surface area contributed by atoms with Crippen molar-refractivity contribution in [2.75, 3.05) is 26.3 Å². The van der Waals surface area contributed by atoms with Gasteiger partial charge in [-0.05, 0) is 40.2 Å². The molecule has 8 heteroatoms. The molecule has 3 heterocycles. The molecule has 2 aromatic heterocycles. The fourth-order valence-corrected chi connectivity index (χ4v) is 2.87. The number of halogens is 2. The molecule has 0 radical (unpaired) electrons. The highest BCUT2D eigenvalue weighted by atomic mass is 79.9. The van der Waals surface area contributed by atoms with E-state index in [1.807, 2.05) is 0 Å². The molecule has 126 valence electrons. The second-order valence-corrected chi connectivity index (χ2v) is 6.36. The Morgan fingerprint density at radius 2 is 2.29 bits per heavy atom. The van der Waals surface area contributed by atoms with Gasteiger partial charge in [0, 0.05) is 12.7 Å². The summed E-state index contributed by atoms with van der Waals surface area (Å²) in [6.45, 7) is 1.71. The van der Waals surface area contributed by atoms with Gasteiger partial charge in [-0.2, -0.15) is 0 Å². The predicted molar refractivity (Wildman–Crippen MR) is 92.3 cm³/mol. The summed E-state index contributed by atoms with van der Waals surface area (Å²) in [5.41, 5.74) is 0.404. The summed E-state index contributed by atoms with van der Waals surface area (Å²) in [4.78, 5) is 22.4. The molecule has 0 N–H and O–H groups in total. The van der Waals surface area contributed by atoms with Crippen molar-refractivity contribution < 1.29 is 14.3 Å². The molecule has 0 saturated carbocycles. The van der Waals surface area contributed by atoms with Gasteiger partial charge in [-0.1, -0.05) is 17.7 Å². The highest BCUT2D eigenvalue weighted by Gasteiger charge is 2.26. The van der Waals surface area contributed by atoms with Crippen LogP contribution >= 0.6 is 27.5 Å². The minimum Gasteiger partial charge on any atom is -0.488 e. The average Bonchev–Trinajstić information content (AvgIpc) is 2.61. The van der Waals surface area contributed by atoms with Crippen molar-refractivity contribution in [2.24, 2.45) is 0 Å². The first kappa shape index (κ1) is 17.1. The van der Waals surface area contributed by atoms with Gasteiger partial charge in [0.15, 0.2) is 10.9 Å². The number of morpholine rings is 1. The van der Waals surface area contributed by atoms with Crippen LogP contribution in [0.3, 0.4) is 0 Å². The highest BCUT2D eigenvalue weighted by molar-refractivity contribution is 9.10. The van der Waals surface area contributed by atoms with Crippen molar-refractivity contribution in [3.63, 3.8) is 0 Å². The number of amides is 1. The quantitative estimate of drug-likeness (QED) is 0.723. The second kappa shape index (κ2) is 7.92. The van der Waals surface area contributed by atoms with E-state index >= 15 is 0 Å². The zero-order valence-corrected chi connectivity index (χ0v) is 15.0. The Bertz CT molecular complexity index is 731. The van der Waals surface area contributed by atoms with Gasteiger partial charge in [-0.3, -0.25) is 4.79 Å². The van der Waals surface area contributed by atoms with Gasteiger partial charge in [0.05, 0.1) is 13.2 Å². The number of ether oxygens (including phenoxy) is 2. The van der Waals surface area contributed by atoms with Crippen molar-refractivity contribution >= 4 is 33.4 Å². The second-order valence-electron chi connectivity index (χ2n) is 5.19. The molecule has 1 atom stereocenters. The van der Waals surface area contributed by atoms with Gasteiger partial charge >= 0.3 is 0 Å². The number of hydrogen-bond acceptors (Lipinski definition) is 5. The molecule has 1 aliphatic heterocycles. The lowest BCUT2D eigenvalue weighted by Crippen LogP contribution is -2.47. The van der Waals surface area contributed by atoms with Crippen molar-refractivity contribution in [3.05, 3.63) is 52.0 Å². The summed E-state index contributed by atoms with van der Waals surface area (Å²) >= 11 is 9.24. The number of carbonyl (C=O) groups is 1. The van der Waals surface area contributed by atoms with E-state index in [4.69, 9.17) is 21.1 Å². The molecular weight excluding hydrogens is 398 g/mol. The Kier molecular flexibility index (Phi) is 5.65. The molecule has 0 bridgehead atoms. The van der Waals surface area contributed by atoms with Crippen molar-refractivity contribution in [2.45, 2.75) is 6.10 Å². The van der Waals surface area contributed by atoms with Gasteiger partial charge in [-0.15, -0.1) is 0 Å². The van der Waals surface area contributed by atoms with Gasteiger partial charge in [0.1, 0.15) is 23.0 Å². The Morgan fingerprint density at radius 1 is 1.42 bits per heavy atom. The molecule has 3 rings (SSSR count). The van der Waals surface area contributed by atoms with Crippen LogP contribution in [0.5, 0.6) is 5.75 Å². The maximum absolute atomic E-state index is 12.5. The molecule has 2 aromatic rings. The first-order valence-corrected chi connectivity index (χ1v) is 8.57. The molecule has 1 fully saturated rings. The minimum absolute atomic E-state index is 0.121. The number of aromatic nitrogens is 2. The van der Waals surface area contributed by atoms with E-state index in [0.29, 0.717) is 47.5 Å². The normalized spacial score (nSPS) is 17.6. The van der Waals surface area contributed by atoms with Crippen LogP contribution in [-0.4, -0.2) is 53.2 Å². The number of hydrogen-bond donors (Lipinski definition) is 0. The van der Waals surface area contributed by atoms with Crippen LogP contribution < -0.4 is 4.74 Å². The molecule has 1 unspecified atom stereocenters. The fraction of sp³-hybridized carbons (Fsp3) is 0.312. The summed E-state index contributed by atoms with van der Waals surface area (Å²) < 4.78 is 11.9. The Morgan fingerprint density at radius 3 is 3.08 bits per heavy atom. The summed E-state index contributed by atoms with van der Waals surface area (Å²) in [6, 6.07) is 8.76. The van der Waals surface area contributed by atoms with E-state index in [1.165, 1.54) is 0 Å². The maximum atomic E-state index is 12.5. The van der Waals surface area contributed by atoms with E-state index in [9.17, 15) is 4.79 Å². The van der Waals surface area contributed by atoms with Gasteiger partial charge in [-0.25, -0.2) is 9.97 Å². The third-order valence-electron chi connectivity index (χ3n) is 3.51. The highest BCUT2D eigenvalue weighted by Crippen LogP contribution is 2.21. The maximum Gasteiger partial charge on any atom is 0.272 e. The van der Waals surface area contributed by atoms with Crippen LogP contribution in [0.1, 0.15) is 10.5 Å². The van der Waals surface area contributed by atoms with Crippen LogP contribution in [0.25, 0.3) is 0 Å². The zero-order valence-electron chi connectivity index (χ0n) is 12.7. The summed E-state index contributed by atoms with van der Waals surface area (Å²) in [7, 11) is 0. The van der Waals surface area contributed by atoms with Gasteiger partial charge < -0.3 is 14.4 Å². The SMILES string of the molecule is O=C(c1cccc(Br)n1)N1CCOC(COc2cccnc2Cl)C1. The first-order chi connectivity index (χ1) is 11.6. The lowest BCUT2D eigenvalue weighted by molar-refractivity contribution is -0.0403. The summed E-state index contributed by atoms with van der Waals surface area (Å²) in [5, 5.41) is 0.305. The van der Waals surface area contributed by atoms with E-state index in [-0.39, 0.29) is 12.0 Å². The number of pyridine rings is 2. The van der Waals surface area contributed by atoms with E-state index in [1.54, 1.807) is 41.4 Å². The average molecular weight is 413 g/mol. The van der Waals surface area contributed by atoms with Crippen LogP contribution in [0.4, 0.5) is 0 Å². The topological polar surface area (TPSA) is 64.6 Å². The van der Waals surface area contributed by atoms with Crippen molar-refractivity contribution in [3.8, 4) is 5.75 Å². The largest absolute Gasteiger partial charge is 0.488 e. The fourth-order valence-electron chi connectivity index (χ4n) is 2.36. The van der Waals surface area contributed by atoms with Crippen LogP contribution in [-0.2, 0) is 4.74 Å². The van der Waals surface area contributed by atoms with E-state index in [2.05, 4.69) is 25.9 Å². The van der Waals surface area contributed by atoms with Crippen LogP contribution in [0.15, 0.2) is 41.1 Å². The summed E-state index contributed by atoms with van der Waals surface area (Å²) in [6.07, 6.45) is 1.36. The standard InChI is InChI=1S/C16H15BrClN3O3/c17-14-5-1-3-12(20-14)16(22)21-7-8-23-11(9-21)10-24-13-4-2-6-19-15(13)18/h1-6,11H,7-10H2. The third kappa shape index (κ3) is 4.23. The third-order valence-corrected chi connectivity index (χ3v) is 4.24. The minimum atomic E-state index is -0.230. The first-order valence-electron chi connectivity index (χ1n) is 7.40. The predicted octanol–water partition coefficient (Wildman–Crippen LogP) is 2.81. The van der Waals surface area contributed by atoms with Crippen molar-refractivity contribution in [1.82, 2.24) is 14.9 Å². The van der Waals surface area contributed by atoms with Crippen LogP contribution in [0, 0.1) is 0 Å². The Labute approximate surface area is 152 Å². The molecule has 1 amide bonds. The Hall–Kier alpha value is -1.70. The summed E-state index contributed by atoms with van der Waals surface area (Å²) in [5.74, 6) is 0.379. The Balaban J connectivity index is 1.60. The zero-order chi connectivity index (χ0) is 16.9. The smallest absolute Gasteiger partial charge is 0.272 e. The van der Waals surface area contributed by atoms with Gasteiger partial charge in [0.2, 0.25) is 0 Å². The molecule has 6 nitrogen and oxygen atoms in total. The number of nitrogens with zero attached hydrogens (tertiary/aromatic N) is 3. The lowest BCUT2D eigenvalue weighted by atomic mass is 10.2. The molecule has 1 aliphatic rings. The number of carbonyl (C=O) groups excluding carboxylic acids is 1. The molecular formula is C16H15BrClN3O3. The molecule has 0 spiro atoms. The molecule has 0 aromatic carbocycles. The monoisotopic (exact) mass is 411 g/mol. The van der Waals surface area contributed by atoms with E-state index < -0.39 is 0 Å². The van der Waals surface area contributed by atoms with Crippen LogP contribution in [0.2, 0.25) is 5.15 Å². The molecule has 24 heavy (non-hydrogen) atoms. The number of rotatable bonds is 4.